The molecule has 0 aliphatic carbocycles. The van der Waals surface area contributed by atoms with Crippen LogP contribution in [0.2, 0.25) is 0 Å². The van der Waals surface area contributed by atoms with Gasteiger partial charge in [0.25, 0.3) is 0 Å². The van der Waals surface area contributed by atoms with Crippen molar-refractivity contribution in [1.82, 2.24) is 0 Å². The third-order valence-electron chi connectivity index (χ3n) is 3.67. The Kier molecular flexibility index (Phi) is 12.5. The van der Waals surface area contributed by atoms with Gasteiger partial charge in [0.05, 0.1) is 0 Å². The number of hydrogen-bond donors (Lipinski definition) is 0. The van der Waals surface area contributed by atoms with Crippen LogP contribution in [-0.2, 0) is 17.1 Å². The molecule has 146 valence electrons. The van der Waals surface area contributed by atoms with Crippen LogP contribution in [0.25, 0.3) is 0 Å². The van der Waals surface area contributed by atoms with Gasteiger partial charge in [-0.2, -0.15) is 0 Å². The molecule has 0 aliphatic heterocycles. The van der Waals surface area contributed by atoms with Gasteiger partial charge in [0, 0.05) is 0 Å². The summed E-state index contributed by atoms with van der Waals surface area (Å²) in [5, 5.41) is 5.59. The number of rotatable bonds is 4. The quantitative estimate of drug-likeness (QED) is 0.331. The van der Waals surface area contributed by atoms with Crippen molar-refractivity contribution in [1.29, 1.82) is 0 Å². The molecule has 0 saturated carbocycles. The first-order valence-electron chi connectivity index (χ1n) is 8.64. The molecule has 0 unspecified atom stereocenters. The summed E-state index contributed by atoms with van der Waals surface area (Å²) in [5.74, 6) is 0. The normalized spacial score (nSPS) is 9.14. The molecule has 0 nitrogen and oxygen atoms in total. The average molecular weight is 451 g/mol. The summed E-state index contributed by atoms with van der Waals surface area (Å²) in [7, 11) is 1.55. The summed E-state index contributed by atoms with van der Waals surface area (Å²) >= 11 is 0. The summed E-state index contributed by atoms with van der Waals surface area (Å²) in [6.45, 7) is 0. The predicted octanol–water partition coefficient (Wildman–Crippen LogP) is 3.18. The van der Waals surface area contributed by atoms with Gasteiger partial charge >= 0.3 is 17.1 Å². The van der Waals surface area contributed by atoms with Crippen LogP contribution in [-0.4, -0.2) is 8.41 Å². The largest absolute Gasteiger partial charge is 1.00 e. The van der Waals surface area contributed by atoms with E-state index in [0.29, 0.717) is 0 Å². The fourth-order valence-corrected chi connectivity index (χ4v) is 4.52. The van der Waals surface area contributed by atoms with E-state index in [1.54, 1.807) is 0 Å². The SMILES string of the molecule is [BH4-].[Cu+].c1ccc(Pc2ccccc2)cc1.c1ccc(Pc2ccccc2)cc1. The molecule has 28 heavy (non-hydrogen) atoms. The standard InChI is InChI=1S/2C12H11P.BH4.Cu/c2*1-3-7-11(8-4-1)13-12-9-5-2-6-10-12;;/h2*1-10,13H;1H4;/q;;-1;+1. The molecular formula is C24H26BCuP2. The van der Waals surface area contributed by atoms with E-state index < -0.39 is 0 Å². The molecule has 0 saturated heterocycles. The van der Waals surface area contributed by atoms with Crippen molar-refractivity contribution >= 4 is 46.8 Å². The smallest absolute Gasteiger partial charge is 0.0626 e. The van der Waals surface area contributed by atoms with E-state index in [-0.39, 0.29) is 25.5 Å². The minimum Gasteiger partial charge on any atom is -0.0626 e. The first-order chi connectivity index (χ1) is 12.9. The second kappa shape index (κ2) is 14.3. The van der Waals surface area contributed by atoms with Crippen molar-refractivity contribution in [3.05, 3.63) is 121 Å². The molecule has 0 spiro atoms. The van der Waals surface area contributed by atoms with Crippen molar-refractivity contribution in [2.24, 2.45) is 0 Å². The fraction of sp³-hybridized carbons (Fsp3) is 0. The Morgan fingerprint density at radius 2 is 0.500 bits per heavy atom. The van der Waals surface area contributed by atoms with E-state index in [2.05, 4.69) is 121 Å². The third kappa shape index (κ3) is 9.01. The van der Waals surface area contributed by atoms with Gasteiger partial charge in [-0.25, -0.2) is 0 Å². The van der Waals surface area contributed by atoms with Gasteiger partial charge in [-0.3, -0.25) is 0 Å². The Labute approximate surface area is 184 Å². The maximum atomic E-state index is 2.17. The Balaban J connectivity index is 0.000000261. The van der Waals surface area contributed by atoms with E-state index in [0.717, 1.165) is 17.2 Å². The Hall–Kier alpha value is -1.68. The Bertz CT molecular complexity index is 721. The molecule has 0 atom stereocenters. The molecule has 0 radical (unpaired) electrons. The molecule has 0 bridgehead atoms. The number of hydrogen-bond acceptors (Lipinski definition) is 0. The minimum atomic E-state index is 0. The van der Waals surface area contributed by atoms with E-state index in [9.17, 15) is 0 Å². The zero-order valence-corrected chi connectivity index (χ0v) is 17.8. The van der Waals surface area contributed by atoms with Gasteiger partial charge in [0.2, 0.25) is 0 Å². The van der Waals surface area contributed by atoms with Crippen LogP contribution in [0, 0.1) is 0 Å². The summed E-state index contributed by atoms with van der Waals surface area (Å²) < 4.78 is 0. The summed E-state index contributed by atoms with van der Waals surface area (Å²) in [6.07, 6.45) is 0. The van der Waals surface area contributed by atoms with Gasteiger partial charge in [-0.05, 0) is 21.2 Å². The van der Waals surface area contributed by atoms with Gasteiger partial charge in [-0.15, -0.1) is 0 Å². The molecule has 4 heteroatoms. The summed E-state index contributed by atoms with van der Waals surface area (Å²) in [4.78, 5) is 0. The molecule has 4 aromatic rings. The van der Waals surface area contributed by atoms with Gasteiger partial charge in [-0.1, -0.05) is 147 Å². The van der Waals surface area contributed by atoms with Crippen LogP contribution < -0.4 is 21.2 Å². The van der Waals surface area contributed by atoms with Crippen LogP contribution in [0.5, 0.6) is 0 Å². The third-order valence-corrected chi connectivity index (χ3v) is 6.16. The minimum absolute atomic E-state index is 0. The van der Waals surface area contributed by atoms with Crippen molar-refractivity contribution in [2.45, 2.75) is 0 Å². The van der Waals surface area contributed by atoms with Crippen molar-refractivity contribution in [3.63, 3.8) is 0 Å². The Morgan fingerprint density at radius 1 is 0.321 bits per heavy atom. The predicted molar refractivity (Wildman–Crippen MR) is 132 cm³/mol. The maximum absolute atomic E-state index is 2.17. The van der Waals surface area contributed by atoms with E-state index >= 15 is 0 Å². The second-order valence-corrected chi connectivity index (χ2v) is 8.52. The maximum Gasteiger partial charge on any atom is 1.00 e. The van der Waals surface area contributed by atoms with Crippen molar-refractivity contribution in [3.8, 4) is 0 Å². The summed E-state index contributed by atoms with van der Waals surface area (Å²) in [5.41, 5.74) is 0. The molecule has 0 aromatic heterocycles. The molecule has 4 rings (SSSR count). The first kappa shape index (κ1) is 24.4. The monoisotopic (exact) mass is 450 g/mol. The molecule has 0 aliphatic rings. The second-order valence-electron chi connectivity index (χ2n) is 5.71. The van der Waals surface area contributed by atoms with Crippen molar-refractivity contribution in [2.75, 3.05) is 0 Å². The molecule has 0 amide bonds. The fourth-order valence-electron chi connectivity index (χ4n) is 2.42. The van der Waals surface area contributed by atoms with Crippen LogP contribution in [0.1, 0.15) is 0 Å². The van der Waals surface area contributed by atoms with E-state index in [4.69, 9.17) is 0 Å². The van der Waals surface area contributed by atoms with E-state index in [1.807, 2.05) is 0 Å². The van der Waals surface area contributed by atoms with Crippen molar-refractivity contribution < 1.29 is 17.1 Å². The van der Waals surface area contributed by atoms with Crippen LogP contribution in [0.3, 0.4) is 0 Å². The molecule has 4 aromatic carbocycles. The zero-order valence-electron chi connectivity index (χ0n) is 14.8. The Morgan fingerprint density at radius 3 is 0.679 bits per heavy atom. The molecule has 0 N–H and O–H groups in total. The number of benzene rings is 4. The van der Waals surface area contributed by atoms with Gasteiger partial charge in [0.15, 0.2) is 0 Å². The summed E-state index contributed by atoms with van der Waals surface area (Å²) in [6, 6.07) is 42.3. The molecule has 0 heterocycles. The van der Waals surface area contributed by atoms with Crippen LogP contribution in [0.4, 0.5) is 0 Å². The average Bonchev–Trinajstić information content (AvgIpc) is 2.72. The molecule has 0 fully saturated rings. The van der Waals surface area contributed by atoms with E-state index in [1.165, 1.54) is 21.2 Å². The van der Waals surface area contributed by atoms with Gasteiger partial charge < -0.3 is 0 Å². The topological polar surface area (TPSA) is 0 Å². The van der Waals surface area contributed by atoms with Crippen LogP contribution in [0.15, 0.2) is 121 Å². The molecular weight excluding hydrogens is 425 g/mol. The zero-order chi connectivity index (χ0) is 17.9. The van der Waals surface area contributed by atoms with Crippen LogP contribution >= 0.6 is 17.2 Å². The first-order valence-corrected chi connectivity index (χ1v) is 10.6. The van der Waals surface area contributed by atoms with Gasteiger partial charge in [0.1, 0.15) is 0 Å².